The Kier molecular flexibility index (Phi) is 7.89. The molecule has 9 heteroatoms. The second-order valence-electron chi connectivity index (χ2n) is 9.99. The van der Waals surface area contributed by atoms with E-state index in [2.05, 4.69) is 10.6 Å². The molecule has 4 aromatic rings. The third kappa shape index (κ3) is 5.44. The van der Waals surface area contributed by atoms with Crippen LogP contribution in [0, 0.1) is 0 Å². The molecular formula is C32H33N5O4. The first-order valence-corrected chi connectivity index (χ1v) is 13.4. The van der Waals surface area contributed by atoms with E-state index < -0.39 is 12.1 Å². The number of fused-ring (bicyclic) bond motifs is 2. The second-order valence-corrected chi connectivity index (χ2v) is 9.99. The van der Waals surface area contributed by atoms with Crippen LogP contribution in [0.25, 0.3) is 10.8 Å². The number of para-hydroxylation sites is 2. The standard InChI is InChI=1S/C32H33N5O4/c1-20(34-2)30(38)35-26-19-37(31(39)22-12-15-23(33)16-13-22)28-11-7-6-10-27(28)36(32(26)40)18-25-24-9-5-4-8-21(24)14-17-29(25)41-3/h4-17,20,26,34H,18-19,33H2,1-3H3,(H,35,38). The summed E-state index contributed by atoms with van der Waals surface area (Å²) in [6, 6.07) is 24.1. The molecule has 2 unspecified atom stereocenters. The third-order valence-corrected chi connectivity index (χ3v) is 7.47. The minimum absolute atomic E-state index is 0.0512. The van der Waals surface area contributed by atoms with Crippen LogP contribution in [-0.2, 0) is 16.1 Å². The highest BCUT2D eigenvalue weighted by Crippen LogP contribution is 2.37. The van der Waals surface area contributed by atoms with Gasteiger partial charge in [0.25, 0.3) is 11.8 Å². The van der Waals surface area contributed by atoms with Gasteiger partial charge in [-0.05, 0) is 67.2 Å². The molecule has 0 saturated heterocycles. The zero-order valence-electron chi connectivity index (χ0n) is 23.3. The molecule has 210 valence electrons. The Hall–Kier alpha value is -4.89. The maximum atomic E-state index is 14.3. The zero-order chi connectivity index (χ0) is 29.1. The summed E-state index contributed by atoms with van der Waals surface area (Å²) in [5.74, 6) is -0.357. The fourth-order valence-corrected chi connectivity index (χ4v) is 5.09. The van der Waals surface area contributed by atoms with E-state index in [1.807, 2.05) is 60.7 Å². The SMILES string of the molecule is CNC(C)C(=O)NC1CN(C(=O)c2ccc(N)cc2)c2ccccc2N(Cc2c(OC)ccc3ccccc23)C1=O. The Bertz CT molecular complexity index is 1600. The number of nitrogens with two attached hydrogens (primary N) is 1. The molecule has 0 fully saturated rings. The maximum Gasteiger partial charge on any atom is 0.258 e. The Morgan fingerprint density at radius 1 is 0.976 bits per heavy atom. The Labute approximate surface area is 238 Å². The number of nitrogens with one attached hydrogen (secondary N) is 2. The van der Waals surface area contributed by atoms with E-state index >= 15 is 0 Å². The first-order valence-electron chi connectivity index (χ1n) is 13.4. The number of methoxy groups -OCH3 is 1. The largest absolute Gasteiger partial charge is 0.496 e. The lowest BCUT2D eigenvalue weighted by atomic mass is 10.0. The lowest BCUT2D eigenvalue weighted by molar-refractivity contribution is -0.128. The van der Waals surface area contributed by atoms with Crippen LogP contribution in [0.2, 0.25) is 0 Å². The summed E-state index contributed by atoms with van der Waals surface area (Å²) in [7, 11) is 3.27. The molecule has 3 amide bonds. The van der Waals surface area contributed by atoms with E-state index in [4.69, 9.17) is 10.5 Å². The fourth-order valence-electron chi connectivity index (χ4n) is 5.09. The van der Waals surface area contributed by atoms with Gasteiger partial charge in [0.05, 0.1) is 37.6 Å². The van der Waals surface area contributed by atoms with E-state index in [0.29, 0.717) is 28.4 Å². The summed E-state index contributed by atoms with van der Waals surface area (Å²) in [6.45, 7) is 1.82. The molecular weight excluding hydrogens is 518 g/mol. The highest BCUT2D eigenvalue weighted by Gasteiger charge is 2.38. The van der Waals surface area contributed by atoms with Crippen LogP contribution in [0.5, 0.6) is 5.75 Å². The quantitative estimate of drug-likeness (QED) is 0.302. The van der Waals surface area contributed by atoms with Crippen molar-refractivity contribution in [3.63, 3.8) is 0 Å². The van der Waals surface area contributed by atoms with Crippen LogP contribution in [0.1, 0.15) is 22.8 Å². The summed E-state index contributed by atoms with van der Waals surface area (Å²) < 4.78 is 5.72. The van der Waals surface area contributed by atoms with E-state index in [-0.39, 0.29) is 30.8 Å². The van der Waals surface area contributed by atoms with Crippen molar-refractivity contribution in [1.29, 1.82) is 0 Å². The molecule has 1 aliphatic heterocycles. The van der Waals surface area contributed by atoms with Crippen molar-refractivity contribution in [1.82, 2.24) is 10.6 Å². The number of carbonyl (C=O) groups is 3. The van der Waals surface area contributed by atoms with Gasteiger partial charge in [0.1, 0.15) is 11.8 Å². The third-order valence-electron chi connectivity index (χ3n) is 7.47. The van der Waals surface area contributed by atoms with Crippen LogP contribution < -0.4 is 30.9 Å². The molecule has 0 radical (unpaired) electrons. The van der Waals surface area contributed by atoms with Crippen molar-refractivity contribution in [3.8, 4) is 5.75 Å². The molecule has 0 saturated carbocycles. The van der Waals surface area contributed by atoms with Gasteiger partial charge in [0.2, 0.25) is 5.91 Å². The number of hydrogen-bond donors (Lipinski definition) is 3. The number of nitrogens with zero attached hydrogens (tertiary/aromatic N) is 2. The minimum atomic E-state index is -1.01. The van der Waals surface area contributed by atoms with E-state index in [1.165, 1.54) is 0 Å². The molecule has 1 heterocycles. The molecule has 0 spiro atoms. The van der Waals surface area contributed by atoms with Gasteiger partial charge in [-0.1, -0.05) is 42.5 Å². The predicted octanol–water partition coefficient (Wildman–Crippen LogP) is 3.72. The number of anilines is 3. The number of likely N-dealkylation sites (N-methyl/N-ethyl adjacent to an activating group) is 1. The lowest BCUT2D eigenvalue weighted by Crippen LogP contribution is -2.55. The highest BCUT2D eigenvalue weighted by atomic mass is 16.5. The molecule has 0 aromatic heterocycles. The van der Waals surface area contributed by atoms with Gasteiger partial charge >= 0.3 is 0 Å². The number of ether oxygens (including phenoxy) is 1. The molecule has 5 rings (SSSR count). The summed E-state index contributed by atoms with van der Waals surface area (Å²) >= 11 is 0. The smallest absolute Gasteiger partial charge is 0.258 e. The molecule has 4 N–H and O–H groups in total. The number of hydrogen-bond acceptors (Lipinski definition) is 6. The Morgan fingerprint density at radius 3 is 2.37 bits per heavy atom. The van der Waals surface area contributed by atoms with Crippen LogP contribution in [0.4, 0.5) is 17.1 Å². The van der Waals surface area contributed by atoms with Crippen molar-refractivity contribution in [2.45, 2.75) is 25.6 Å². The fraction of sp³-hybridized carbons (Fsp3) is 0.219. The van der Waals surface area contributed by atoms with Crippen molar-refractivity contribution in [2.24, 2.45) is 0 Å². The maximum absolute atomic E-state index is 14.3. The average molecular weight is 552 g/mol. The van der Waals surface area contributed by atoms with Crippen LogP contribution in [0.15, 0.2) is 84.9 Å². The first-order chi connectivity index (χ1) is 19.8. The van der Waals surface area contributed by atoms with Gasteiger partial charge in [-0.3, -0.25) is 14.4 Å². The van der Waals surface area contributed by atoms with Crippen molar-refractivity contribution in [2.75, 3.05) is 36.2 Å². The van der Waals surface area contributed by atoms with Gasteiger partial charge < -0.3 is 30.9 Å². The second kappa shape index (κ2) is 11.7. The molecule has 2 atom stereocenters. The van der Waals surface area contributed by atoms with Gasteiger partial charge in [0.15, 0.2) is 0 Å². The van der Waals surface area contributed by atoms with E-state index in [0.717, 1.165) is 16.3 Å². The molecule has 9 nitrogen and oxygen atoms in total. The van der Waals surface area contributed by atoms with Crippen LogP contribution >= 0.6 is 0 Å². The zero-order valence-corrected chi connectivity index (χ0v) is 23.3. The molecule has 0 bridgehead atoms. The number of amides is 3. The molecule has 0 aliphatic carbocycles. The summed E-state index contributed by atoms with van der Waals surface area (Å²) in [5, 5.41) is 7.74. The summed E-state index contributed by atoms with van der Waals surface area (Å²) in [4.78, 5) is 44.4. The van der Waals surface area contributed by atoms with E-state index in [9.17, 15) is 14.4 Å². The monoisotopic (exact) mass is 551 g/mol. The van der Waals surface area contributed by atoms with Crippen molar-refractivity contribution >= 4 is 45.6 Å². The summed E-state index contributed by atoms with van der Waals surface area (Å²) in [5.41, 5.74) is 8.74. The van der Waals surface area contributed by atoms with Crippen molar-refractivity contribution < 1.29 is 19.1 Å². The van der Waals surface area contributed by atoms with Crippen LogP contribution in [-0.4, -0.2) is 50.5 Å². The molecule has 41 heavy (non-hydrogen) atoms. The Balaban J connectivity index is 1.65. The first kappa shape index (κ1) is 27.7. The van der Waals surface area contributed by atoms with Gasteiger partial charge in [0, 0.05) is 16.8 Å². The van der Waals surface area contributed by atoms with Gasteiger partial charge in [-0.25, -0.2) is 0 Å². The van der Waals surface area contributed by atoms with Gasteiger partial charge in [-0.15, -0.1) is 0 Å². The number of rotatable bonds is 7. The van der Waals surface area contributed by atoms with Gasteiger partial charge in [-0.2, -0.15) is 0 Å². The average Bonchev–Trinajstić information content (AvgIpc) is 3.11. The minimum Gasteiger partial charge on any atom is -0.496 e. The topological polar surface area (TPSA) is 117 Å². The predicted molar refractivity (Wildman–Crippen MR) is 161 cm³/mol. The Morgan fingerprint density at radius 2 is 1.66 bits per heavy atom. The normalized spacial score (nSPS) is 15.7. The molecule has 1 aliphatic rings. The highest BCUT2D eigenvalue weighted by molar-refractivity contribution is 6.13. The summed E-state index contributed by atoms with van der Waals surface area (Å²) in [6.07, 6.45) is 0. The number of benzene rings is 4. The van der Waals surface area contributed by atoms with E-state index in [1.54, 1.807) is 55.1 Å². The van der Waals surface area contributed by atoms with Crippen molar-refractivity contribution in [3.05, 3.63) is 96.1 Å². The number of carbonyl (C=O) groups excluding carboxylic acids is 3. The number of nitrogen functional groups attached to an aromatic ring is 1. The van der Waals surface area contributed by atoms with Crippen LogP contribution in [0.3, 0.4) is 0 Å². The molecule has 4 aromatic carbocycles. The lowest BCUT2D eigenvalue weighted by Gasteiger charge is -2.27.